The van der Waals surface area contributed by atoms with E-state index in [0.717, 1.165) is 11.8 Å². The van der Waals surface area contributed by atoms with Crippen LogP contribution in [0.25, 0.3) is 6.08 Å². The SMILES string of the molecule is COc1cccc2c1OC(C)C(C=O)=C2. The Bertz CT molecular complexity index is 421. The topological polar surface area (TPSA) is 35.5 Å². The summed E-state index contributed by atoms with van der Waals surface area (Å²) in [4.78, 5) is 10.8. The maximum absolute atomic E-state index is 10.8. The van der Waals surface area contributed by atoms with Gasteiger partial charge in [-0.1, -0.05) is 12.1 Å². The summed E-state index contributed by atoms with van der Waals surface area (Å²) in [5.41, 5.74) is 1.53. The first-order valence-electron chi connectivity index (χ1n) is 4.76. The van der Waals surface area contributed by atoms with Gasteiger partial charge in [-0.25, -0.2) is 0 Å². The minimum absolute atomic E-state index is 0.216. The second-order valence-corrected chi connectivity index (χ2v) is 3.40. The molecule has 2 rings (SSSR count). The summed E-state index contributed by atoms with van der Waals surface area (Å²) >= 11 is 0. The molecule has 1 heterocycles. The van der Waals surface area contributed by atoms with Crippen molar-refractivity contribution in [2.45, 2.75) is 13.0 Å². The van der Waals surface area contributed by atoms with Crippen LogP contribution >= 0.6 is 0 Å². The quantitative estimate of drug-likeness (QED) is 0.692. The Balaban J connectivity index is 2.53. The first-order chi connectivity index (χ1) is 7.26. The fourth-order valence-electron chi connectivity index (χ4n) is 1.60. The number of rotatable bonds is 2. The van der Waals surface area contributed by atoms with Crippen LogP contribution in [0.1, 0.15) is 12.5 Å². The number of fused-ring (bicyclic) bond motifs is 1. The molecular weight excluding hydrogens is 192 g/mol. The molecule has 3 nitrogen and oxygen atoms in total. The molecule has 1 aromatic rings. The maximum atomic E-state index is 10.8. The van der Waals surface area contributed by atoms with E-state index in [9.17, 15) is 4.79 Å². The highest BCUT2D eigenvalue weighted by Gasteiger charge is 2.20. The Morgan fingerprint density at radius 1 is 1.47 bits per heavy atom. The number of para-hydroxylation sites is 1. The van der Waals surface area contributed by atoms with Crippen molar-refractivity contribution in [3.63, 3.8) is 0 Å². The van der Waals surface area contributed by atoms with Crippen molar-refractivity contribution in [2.75, 3.05) is 7.11 Å². The molecule has 3 heteroatoms. The van der Waals surface area contributed by atoms with Crippen LogP contribution in [0.4, 0.5) is 0 Å². The Hall–Kier alpha value is -1.77. The van der Waals surface area contributed by atoms with E-state index in [1.54, 1.807) is 7.11 Å². The number of hydrogen-bond donors (Lipinski definition) is 0. The van der Waals surface area contributed by atoms with Crippen molar-refractivity contribution in [2.24, 2.45) is 0 Å². The van der Waals surface area contributed by atoms with Crippen molar-refractivity contribution in [3.8, 4) is 11.5 Å². The zero-order valence-electron chi connectivity index (χ0n) is 8.69. The number of carbonyl (C=O) groups is 1. The minimum atomic E-state index is -0.216. The smallest absolute Gasteiger partial charge is 0.169 e. The van der Waals surface area contributed by atoms with E-state index in [2.05, 4.69) is 0 Å². The molecule has 1 aliphatic rings. The summed E-state index contributed by atoms with van der Waals surface area (Å²) < 4.78 is 10.8. The second kappa shape index (κ2) is 3.77. The van der Waals surface area contributed by atoms with Crippen LogP contribution in [0.15, 0.2) is 23.8 Å². The molecule has 1 atom stereocenters. The van der Waals surface area contributed by atoms with Gasteiger partial charge in [0.1, 0.15) is 12.4 Å². The monoisotopic (exact) mass is 204 g/mol. The standard InChI is InChI=1S/C12H12O3/c1-8-10(7-13)6-9-4-3-5-11(14-2)12(9)15-8/h3-8H,1-2H3. The van der Waals surface area contributed by atoms with Crippen LogP contribution in [-0.2, 0) is 4.79 Å². The summed E-state index contributed by atoms with van der Waals surface area (Å²) in [6.07, 6.45) is 2.44. The van der Waals surface area contributed by atoms with Crippen LogP contribution in [-0.4, -0.2) is 19.5 Å². The molecule has 1 aromatic carbocycles. The first kappa shape index (κ1) is 9.77. The number of benzene rings is 1. The molecule has 0 bridgehead atoms. The Morgan fingerprint density at radius 2 is 2.27 bits per heavy atom. The molecule has 0 aromatic heterocycles. The molecule has 78 valence electrons. The highest BCUT2D eigenvalue weighted by atomic mass is 16.5. The molecule has 0 saturated heterocycles. The predicted molar refractivity (Wildman–Crippen MR) is 57.1 cm³/mol. The Morgan fingerprint density at radius 3 is 2.93 bits per heavy atom. The third kappa shape index (κ3) is 1.61. The van der Waals surface area contributed by atoms with Gasteiger partial charge in [-0.2, -0.15) is 0 Å². The van der Waals surface area contributed by atoms with E-state index in [4.69, 9.17) is 9.47 Å². The van der Waals surface area contributed by atoms with Gasteiger partial charge in [0.2, 0.25) is 0 Å². The van der Waals surface area contributed by atoms with Crippen LogP contribution in [0.3, 0.4) is 0 Å². The van der Waals surface area contributed by atoms with E-state index in [-0.39, 0.29) is 6.10 Å². The van der Waals surface area contributed by atoms with Gasteiger partial charge in [-0.05, 0) is 19.1 Å². The van der Waals surface area contributed by atoms with E-state index >= 15 is 0 Å². The molecule has 0 spiro atoms. The van der Waals surface area contributed by atoms with Gasteiger partial charge in [-0.3, -0.25) is 4.79 Å². The lowest BCUT2D eigenvalue weighted by Crippen LogP contribution is -2.20. The summed E-state index contributed by atoms with van der Waals surface area (Å²) in [5, 5.41) is 0. The second-order valence-electron chi connectivity index (χ2n) is 3.40. The highest BCUT2D eigenvalue weighted by Crippen LogP contribution is 2.36. The summed E-state index contributed by atoms with van der Waals surface area (Å²) in [7, 11) is 1.60. The molecule has 0 saturated carbocycles. The number of hydrogen-bond acceptors (Lipinski definition) is 3. The lowest BCUT2D eigenvalue weighted by atomic mass is 10.0. The summed E-state index contributed by atoms with van der Waals surface area (Å²) in [6.45, 7) is 1.84. The Kier molecular flexibility index (Phi) is 2.46. The van der Waals surface area contributed by atoms with Crippen LogP contribution < -0.4 is 9.47 Å². The van der Waals surface area contributed by atoms with Gasteiger partial charge in [-0.15, -0.1) is 0 Å². The predicted octanol–water partition coefficient (Wildman–Crippen LogP) is 2.06. The summed E-state index contributed by atoms with van der Waals surface area (Å²) in [6, 6.07) is 5.61. The van der Waals surface area contributed by atoms with Gasteiger partial charge in [0, 0.05) is 11.1 Å². The largest absolute Gasteiger partial charge is 0.493 e. The average molecular weight is 204 g/mol. The fourth-order valence-corrected chi connectivity index (χ4v) is 1.60. The molecule has 0 aliphatic carbocycles. The molecule has 15 heavy (non-hydrogen) atoms. The van der Waals surface area contributed by atoms with Crippen molar-refractivity contribution in [1.29, 1.82) is 0 Å². The number of carbonyl (C=O) groups excluding carboxylic acids is 1. The van der Waals surface area contributed by atoms with Gasteiger partial charge >= 0.3 is 0 Å². The van der Waals surface area contributed by atoms with Crippen LogP contribution in [0.2, 0.25) is 0 Å². The molecule has 0 radical (unpaired) electrons. The normalized spacial score (nSPS) is 18.5. The van der Waals surface area contributed by atoms with E-state index in [0.29, 0.717) is 17.1 Å². The minimum Gasteiger partial charge on any atom is -0.493 e. The van der Waals surface area contributed by atoms with Gasteiger partial charge in [0.25, 0.3) is 0 Å². The van der Waals surface area contributed by atoms with E-state index in [1.807, 2.05) is 31.2 Å². The third-order valence-electron chi connectivity index (χ3n) is 2.45. The number of ether oxygens (including phenoxy) is 2. The first-order valence-corrected chi connectivity index (χ1v) is 4.76. The molecule has 0 N–H and O–H groups in total. The molecule has 0 fully saturated rings. The van der Waals surface area contributed by atoms with E-state index < -0.39 is 0 Å². The molecule has 1 unspecified atom stereocenters. The number of aldehydes is 1. The molecular formula is C12H12O3. The van der Waals surface area contributed by atoms with Crippen molar-refractivity contribution in [1.82, 2.24) is 0 Å². The molecule has 1 aliphatic heterocycles. The van der Waals surface area contributed by atoms with Crippen molar-refractivity contribution >= 4 is 12.4 Å². The average Bonchev–Trinajstić information content (AvgIpc) is 2.27. The highest BCUT2D eigenvalue weighted by molar-refractivity contribution is 5.86. The zero-order valence-corrected chi connectivity index (χ0v) is 8.69. The van der Waals surface area contributed by atoms with Crippen molar-refractivity contribution in [3.05, 3.63) is 29.3 Å². The Labute approximate surface area is 88.3 Å². The van der Waals surface area contributed by atoms with Gasteiger partial charge in [0.05, 0.1) is 7.11 Å². The summed E-state index contributed by atoms with van der Waals surface area (Å²) in [5.74, 6) is 1.40. The van der Waals surface area contributed by atoms with Gasteiger partial charge in [0.15, 0.2) is 11.5 Å². The van der Waals surface area contributed by atoms with E-state index in [1.165, 1.54) is 0 Å². The lowest BCUT2D eigenvalue weighted by molar-refractivity contribution is -0.105. The fraction of sp³-hybridized carbons (Fsp3) is 0.250. The van der Waals surface area contributed by atoms with Crippen LogP contribution in [0, 0.1) is 0 Å². The lowest BCUT2D eigenvalue weighted by Gasteiger charge is -2.23. The van der Waals surface area contributed by atoms with Gasteiger partial charge < -0.3 is 9.47 Å². The zero-order chi connectivity index (χ0) is 10.8. The van der Waals surface area contributed by atoms with Crippen LogP contribution in [0.5, 0.6) is 11.5 Å². The van der Waals surface area contributed by atoms with Crippen molar-refractivity contribution < 1.29 is 14.3 Å². The molecule has 0 amide bonds. The number of methoxy groups -OCH3 is 1. The third-order valence-corrected chi connectivity index (χ3v) is 2.45. The maximum Gasteiger partial charge on any atom is 0.169 e.